The molecule has 0 amide bonds. The van der Waals surface area contributed by atoms with Crippen molar-refractivity contribution in [2.45, 2.75) is 19.8 Å². The molecule has 0 saturated heterocycles. The molecule has 1 aromatic rings. The van der Waals surface area contributed by atoms with Crippen LogP contribution in [-0.4, -0.2) is 31.9 Å². The molecular weight excluding hydrogens is 232 g/mol. The number of Topliss-reactive ketones (excluding diaryl/α,β-unsaturated/α-hetero) is 2. The van der Waals surface area contributed by atoms with Crippen molar-refractivity contribution in [3.05, 3.63) is 29.8 Å². The third-order valence-electron chi connectivity index (χ3n) is 2.50. The highest BCUT2D eigenvalue weighted by molar-refractivity contribution is 6.07. The van der Waals surface area contributed by atoms with Crippen LogP contribution in [0.1, 0.15) is 30.1 Å². The lowest BCUT2D eigenvalue weighted by Gasteiger charge is -2.03. The van der Waals surface area contributed by atoms with Gasteiger partial charge >= 0.3 is 0 Å². The Morgan fingerprint density at radius 3 is 2.39 bits per heavy atom. The molecule has 0 aliphatic carbocycles. The summed E-state index contributed by atoms with van der Waals surface area (Å²) in [6.45, 7) is 2.83. The van der Waals surface area contributed by atoms with E-state index in [1.54, 1.807) is 31.4 Å². The summed E-state index contributed by atoms with van der Waals surface area (Å²) in [5.41, 5.74) is 0.528. The van der Waals surface area contributed by atoms with Gasteiger partial charge in [-0.15, -0.1) is 0 Å². The minimum atomic E-state index is -0.167. The average Bonchev–Trinajstić information content (AvgIpc) is 2.39. The minimum absolute atomic E-state index is 0.0700. The maximum atomic E-state index is 11.8. The van der Waals surface area contributed by atoms with Crippen molar-refractivity contribution in [1.82, 2.24) is 0 Å². The van der Waals surface area contributed by atoms with E-state index in [2.05, 4.69) is 0 Å². The number of hydrogen-bond donors (Lipinski definition) is 0. The molecule has 4 heteroatoms. The van der Waals surface area contributed by atoms with Crippen LogP contribution in [0.2, 0.25) is 0 Å². The highest BCUT2D eigenvalue weighted by Crippen LogP contribution is 2.13. The van der Waals surface area contributed by atoms with Crippen LogP contribution in [0.25, 0.3) is 0 Å². The summed E-state index contributed by atoms with van der Waals surface area (Å²) in [5.74, 6) is 0.428. The predicted molar refractivity (Wildman–Crippen MR) is 68.1 cm³/mol. The molecule has 4 nitrogen and oxygen atoms in total. The summed E-state index contributed by atoms with van der Waals surface area (Å²) in [7, 11) is 1.56. The van der Waals surface area contributed by atoms with Crippen LogP contribution >= 0.6 is 0 Å². The predicted octanol–water partition coefficient (Wildman–Crippen LogP) is 2.26. The number of ether oxygens (including phenoxy) is 2. The quantitative estimate of drug-likeness (QED) is 0.403. The Morgan fingerprint density at radius 2 is 1.83 bits per heavy atom. The number of carbonyl (C=O) groups is 2. The SMILES string of the molecule is CCOCCC(=O)CC(=O)c1ccc(OC)cc1. The van der Waals surface area contributed by atoms with Gasteiger partial charge in [-0.2, -0.15) is 0 Å². The van der Waals surface area contributed by atoms with Crippen LogP contribution in [0.15, 0.2) is 24.3 Å². The fourth-order valence-corrected chi connectivity index (χ4v) is 1.48. The van der Waals surface area contributed by atoms with E-state index in [-0.39, 0.29) is 24.4 Å². The first-order valence-corrected chi connectivity index (χ1v) is 5.94. The Morgan fingerprint density at radius 1 is 1.17 bits per heavy atom. The van der Waals surface area contributed by atoms with E-state index in [4.69, 9.17) is 9.47 Å². The van der Waals surface area contributed by atoms with E-state index in [1.807, 2.05) is 6.92 Å². The van der Waals surface area contributed by atoms with Gasteiger partial charge in [0.25, 0.3) is 0 Å². The largest absolute Gasteiger partial charge is 0.497 e. The molecule has 0 saturated carbocycles. The zero-order valence-electron chi connectivity index (χ0n) is 10.8. The summed E-state index contributed by atoms with van der Waals surface area (Å²) in [6.07, 6.45) is 0.217. The topological polar surface area (TPSA) is 52.6 Å². The Bertz CT molecular complexity index is 395. The van der Waals surface area contributed by atoms with Gasteiger partial charge in [-0.3, -0.25) is 9.59 Å². The maximum Gasteiger partial charge on any atom is 0.170 e. The molecule has 1 rings (SSSR count). The van der Waals surface area contributed by atoms with E-state index in [1.165, 1.54) is 0 Å². The molecule has 0 spiro atoms. The Kier molecular flexibility index (Phi) is 6.08. The summed E-state index contributed by atoms with van der Waals surface area (Å²) < 4.78 is 10.1. The molecule has 18 heavy (non-hydrogen) atoms. The molecule has 0 aliphatic heterocycles. The Hall–Kier alpha value is -1.68. The molecule has 0 aliphatic rings. The van der Waals surface area contributed by atoms with Gasteiger partial charge in [0.15, 0.2) is 5.78 Å². The minimum Gasteiger partial charge on any atom is -0.497 e. The second kappa shape index (κ2) is 7.61. The maximum absolute atomic E-state index is 11.8. The van der Waals surface area contributed by atoms with Crippen molar-refractivity contribution in [3.8, 4) is 5.75 Å². The normalized spacial score (nSPS) is 10.1. The number of rotatable bonds is 8. The lowest BCUT2D eigenvalue weighted by Crippen LogP contribution is -2.10. The molecule has 0 bridgehead atoms. The number of benzene rings is 1. The van der Waals surface area contributed by atoms with Crippen molar-refractivity contribution in [1.29, 1.82) is 0 Å². The molecule has 0 unspecified atom stereocenters. The molecule has 0 fully saturated rings. The van der Waals surface area contributed by atoms with E-state index >= 15 is 0 Å². The zero-order chi connectivity index (χ0) is 13.4. The molecule has 0 heterocycles. The third-order valence-corrected chi connectivity index (χ3v) is 2.50. The van der Waals surface area contributed by atoms with Crippen LogP contribution in [0.3, 0.4) is 0 Å². The first kappa shape index (κ1) is 14.4. The summed E-state index contributed by atoms with van der Waals surface area (Å²) >= 11 is 0. The van der Waals surface area contributed by atoms with Gasteiger partial charge in [-0.05, 0) is 31.2 Å². The van der Waals surface area contributed by atoms with E-state index < -0.39 is 0 Å². The van der Waals surface area contributed by atoms with Crippen molar-refractivity contribution in [2.75, 3.05) is 20.3 Å². The highest BCUT2D eigenvalue weighted by atomic mass is 16.5. The molecule has 98 valence electrons. The van der Waals surface area contributed by atoms with Crippen molar-refractivity contribution < 1.29 is 19.1 Å². The van der Waals surface area contributed by atoms with Gasteiger partial charge in [0.1, 0.15) is 11.5 Å². The fourth-order valence-electron chi connectivity index (χ4n) is 1.48. The number of carbonyl (C=O) groups excluding carboxylic acids is 2. The molecule has 0 radical (unpaired) electrons. The number of methoxy groups -OCH3 is 1. The molecule has 1 aromatic carbocycles. The van der Waals surface area contributed by atoms with E-state index in [0.29, 0.717) is 24.5 Å². The van der Waals surface area contributed by atoms with Crippen molar-refractivity contribution in [3.63, 3.8) is 0 Å². The smallest absolute Gasteiger partial charge is 0.170 e. The van der Waals surface area contributed by atoms with E-state index in [0.717, 1.165) is 0 Å². The average molecular weight is 250 g/mol. The summed E-state index contributed by atoms with van der Waals surface area (Å²) in [5, 5.41) is 0. The van der Waals surface area contributed by atoms with Crippen LogP contribution in [-0.2, 0) is 9.53 Å². The van der Waals surface area contributed by atoms with Crippen LogP contribution in [0.5, 0.6) is 5.75 Å². The van der Waals surface area contributed by atoms with Gasteiger partial charge in [0.2, 0.25) is 0 Å². The Labute approximate surface area is 107 Å². The molecule has 0 atom stereocenters. The third kappa shape index (κ3) is 4.67. The van der Waals surface area contributed by atoms with Crippen molar-refractivity contribution in [2.24, 2.45) is 0 Å². The molecule has 0 aromatic heterocycles. The first-order valence-electron chi connectivity index (χ1n) is 5.94. The second-order valence-electron chi connectivity index (χ2n) is 3.81. The number of ketones is 2. The number of hydrogen-bond acceptors (Lipinski definition) is 4. The fraction of sp³-hybridized carbons (Fsp3) is 0.429. The second-order valence-corrected chi connectivity index (χ2v) is 3.81. The lowest BCUT2D eigenvalue weighted by molar-refractivity contribution is -0.119. The van der Waals surface area contributed by atoms with Gasteiger partial charge in [0.05, 0.1) is 20.1 Å². The molecule has 0 N–H and O–H groups in total. The summed E-state index contributed by atoms with van der Waals surface area (Å²) in [4.78, 5) is 23.3. The van der Waals surface area contributed by atoms with E-state index in [9.17, 15) is 9.59 Å². The van der Waals surface area contributed by atoms with Gasteiger partial charge in [-0.1, -0.05) is 0 Å². The van der Waals surface area contributed by atoms with Crippen molar-refractivity contribution >= 4 is 11.6 Å². The van der Waals surface area contributed by atoms with Crippen LogP contribution < -0.4 is 4.74 Å². The zero-order valence-corrected chi connectivity index (χ0v) is 10.8. The monoisotopic (exact) mass is 250 g/mol. The van der Waals surface area contributed by atoms with Gasteiger partial charge < -0.3 is 9.47 Å². The van der Waals surface area contributed by atoms with Crippen LogP contribution in [0, 0.1) is 0 Å². The Balaban J connectivity index is 2.46. The highest BCUT2D eigenvalue weighted by Gasteiger charge is 2.11. The molecular formula is C14H18O4. The van der Waals surface area contributed by atoms with Gasteiger partial charge in [-0.25, -0.2) is 0 Å². The standard InChI is InChI=1S/C14H18O4/c1-3-18-9-8-12(15)10-14(16)11-4-6-13(17-2)7-5-11/h4-7H,3,8-10H2,1-2H3. The lowest BCUT2D eigenvalue weighted by atomic mass is 10.0. The first-order chi connectivity index (χ1) is 8.67. The van der Waals surface area contributed by atoms with Crippen LogP contribution in [0.4, 0.5) is 0 Å². The summed E-state index contributed by atoms with van der Waals surface area (Å²) in [6, 6.07) is 6.74. The van der Waals surface area contributed by atoms with Gasteiger partial charge in [0, 0.05) is 18.6 Å².